The Morgan fingerprint density at radius 2 is 2.35 bits per heavy atom. The van der Waals surface area contributed by atoms with E-state index in [1.165, 1.54) is 0 Å². The van der Waals surface area contributed by atoms with E-state index in [-0.39, 0.29) is 0 Å². The van der Waals surface area contributed by atoms with E-state index in [9.17, 15) is 0 Å². The SMILES string of the molecule is C=C(C)CNC(N)=NCc1ccnc(-n2ccnc2)c1. The second-order valence-corrected chi connectivity index (χ2v) is 4.50. The summed E-state index contributed by atoms with van der Waals surface area (Å²) in [5, 5.41) is 2.99. The largest absolute Gasteiger partial charge is 0.370 e. The molecule has 2 rings (SSSR count). The molecule has 2 aromatic rings. The Hall–Kier alpha value is -2.63. The molecule has 0 amide bonds. The van der Waals surface area contributed by atoms with Crippen LogP contribution < -0.4 is 11.1 Å². The molecule has 0 unspecified atom stereocenters. The van der Waals surface area contributed by atoms with E-state index in [0.29, 0.717) is 19.0 Å². The van der Waals surface area contributed by atoms with Crippen molar-refractivity contribution in [2.24, 2.45) is 10.7 Å². The summed E-state index contributed by atoms with van der Waals surface area (Å²) in [6.07, 6.45) is 7.01. The van der Waals surface area contributed by atoms with E-state index in [1.54, 1.807) is 18.7 Å². The number of aromatic nitrogens is 3. The maximum atomic E-state index is 5.77. The highest BCUT2D eigenvalue weighted by atomic mass is 15.1. The number of nitrogens with zero attached hydrogens (tertiary/aromatic N) is 4. The molecule has 104 valence electrons. The highest BCUT2D eigenvalue weighted by Gasteiger charge is 1.99. The van der Waals surface area contributed by atoms with Gasteiger partial charge in [-0.3, -0.25) is 4.57 Å². The number of guanidine groups is 1. The quantitative estimate of drug-likeness (QED) is 0.487. The number of hydrogen-bond acceptors (Lipinski definition) is 3. The lowest BCUT2D eigenvalue weighted by molar-refractivity contribution is 0.931. The van der Waals surface area contributed by atoms with Gasteiger partial charge in [-0.05, 0) is 24.6 Å². The van der Waals surface area contributed by atoms with E-state index < -0.39 is 0 Å². The fourth-order valence-electron chi connectivity index (χ4n) is 1.57. The highest BCUT2D eigenvalue weighted by Crippen LogP contribution is 2.07. The molecule has 20 heavy (non-hydrogen) atoms. The van der Waals surface area contributed by atoms with Crippen LogP contribution in [0, 0.1) is 0 Å². The van der Waals surface area contributed by atoms with Crippen molar-refractivity contribution in [1.29, 1.82) is 0 Å². The molecule has 2 aromatic heterocycles. The summed E-state index contributed by atoms with van der Waals surface area (Å²) < 4.78 is 1.84. The van der Waals surface area contributed by atoms with Crippen LogP contribution in [-0.2, 0) is 6.54 Å². The summed E-state index contributed by atoms with van der Waals surface area (Å²) in [6, 6.07) is 3.87. The van der Waals surface area contributed by atoms with Gasteiger partial charge in [-0.2, -0.15) is 0 Å². The standard InChI is InChI=1S/C14H18N6/c1-11(2)8-18-14(15)19-9-12-3-4-17-13(7-12)20-6-5-16-10-20/h3-7,10H,1,8-9H2,2H3,(H3,15,18,19). The van der Waals surface area contributed by atoms with Gasteiger partial charge in [-0.15, -0.1) is 0 Å². The fraction of sp³-hybridized carbons (Fsp3) is 0.214. The molecule has 6 heteroatoms. The van der Waals surface area contributed by atoms with Crippen molar-refractivity contribution in [2.45, 2.75) is 13.5 Å². The van der Waals surface area contributed by atoms with Crippen LogP contribution in [0.3, 0.4) is 0 Å². The molecular formula is C14H18N6. The summed E-state index contributed by atoms with van der Waals surface area (Å²) in [5.41, 5.74) is 7.81. The van der Waals surface area contributed by atoms with E-state index >= 15 is 0 Å². The molecule has 0 saturated carbocycles. The van der Waals surface area contributed by atoms with Crippen LogP contribution in [0.1, 0.15) is 12.5 Å². The van der Waals surface area contributed by atoms with Crippen LogP contribution in [-0.4, -0.2) is 27.0 Å². The highest BCUT2D eigenvalue weighted by molar-refractivity contribution is 5.78. The molecule has 0 aromatic carbocycles. The van der Waals surface area contributed by atoms with Crippen molar-refractivity contribution in [1.82, 2.24) is 19.9 Å². The monoisotopic (exact) mass is 270 g/mol. The lowest BCUT2D eigenvalue weighted by Gasteiger charge is -2.06. The first-order valence-electron chi connectivity index (χ1n) is 6.26. The van der Waals surface area contributed by atoms with Crippen molar-refractivity contribution < 1.29 is 0 Å². The summed E-state index contributed by atoms with van der Waals surface area (Å²) in [4.78, 5) is 12.6. The molecule has 0 spiro atoms. The van der Waals surface area contributed by atoms with E-state index in [0.717, 1.165) is 17.0 Å². The third-order valence-electron chi connectivity index (χ3n) is 2.58. The molecule has 0 aliphatic rings. The molecule has 6 nitrogen and oxygen atoms in total. The molecule has 0 atom stereocenters. The van der Waals surface area contributed by atoms with Gasteiger partial charge in [-0.1, -0.05) is 12.2 Å². The van der Waals surface area contributed by atoms with Crippen molar-refractivity contribution in [3.8, 4) is 5.82 Å². The molecule has 0 fully saturated rings. The van der Waals surface area contributed by atoms with E-state index in [1.807, 2.05) is 29.8 Å². The lowest BCUT2D eigenvalue weighted by atomic mass is 10.2. The average Bonchev–Trinajstić information content (AvgIpc) is 2.97. The third kappa shape index (κ3) is 3.94. The van der Waals surface area contributed by atoms with Gasteiger partial charge in [0.2, 0.25) is 0 Å². The van der Waals surface area contributed by atoms with Crippen LogP contribution in [0.4, 0.5) is 0 Å². The number of aliphatic imine (C=N–C) groups is 1. The Kier molecular flexibility index (Phi) is 4.49. The van der Waals surface area contributed by atoms with Gasteiger partial charge in [-0.25, -0.2) is 15.0 Å². The lowest BCUT2D eigenvalue weighted by Crippen LogP contribution is -2.32. The molecular weight excluding hydrogens is 252 g/mol. The Morgan fingerprint density at radius 1 is 1.50 bits per heavy atom. The van der Waals surface area contributed by atoms with Gasteiger partial charge in [0.15, 0.2) is 5.96 Å². The first-order chi connectivity index (χ1) is 9.65. The predicted molar refractivity (Wildman–Crippen MR) is 79.5 cm³/mol. The first kappa shape index (κ1) is 13.8. The topological polar surface area (TPSA) is 81.1 Å². The Labute approximate surface area is 118 Å². The molecule has 0 aliphatic carbocycles. The zero-order chi connectivity index (χ0) is 14.4. The normalized spacial score (nSPS) is 11.3. The number of pyridine rings is 1. The summed E-state index contributed by atoms with van der Waals surface area (Å²) in [7, 11) is 0. The molecule has 0 bridgehead atoms. The minimum absolute atomic E-state index is 0.411. The van der Waals surface area contributed by atoms with E-state index in [2.05, 4.69) is 26.9 Å². The Balaban J connectivity index is 2.01. The van der Waals surface area contributed by atoms with Crippen molar-refractivity contribution in [2.75, 3.05) is 6.54 Å². The second kappa shape index (κ2) is 6.51. The summed E-state index contributed by atoms with van der Waals surface area (Å²) in [5.74, 6) is 1.22. The Morgan fingerprint density at radius 3 is 3.05 bits per heavy atom. The number of imidazole rings is 1. The van der Waals surface area contributed by atoms with Crippen molar-refractivity contribution in [3.05, 3.63) is 54.8 Å². The zero-order valence-corrected chi connectivity index (χ0v) is 11.5. The van der Waals surface area contributed by atoms with Crippen LogP contribution >= 0.6 is 0 Å². The minimum atomic E-state index is 0.411. The van der Waals surface area contributed by atoms with Crippen LogP contribution in [0.2, 0.25) is 0 Å². The van der Waals surface area contributed by atoms with Crippen LogP contribution in [0.25, 0.3) is 5.82 Å². The first-order valence-corrected chi connectivity index (χ1v) is 6.26. The summed E-state index contributed by atoms with van der Waals surface area (Å²) in [6.45, 7) is 6.86. The number of rotatable bonds is 5. The molecule has 2 heterocycles. The number of nitrogens with two attached hydrogens (primary N) is 1. The predicted octanol–water partition coefficient (Wildman–Crippen LogP) is 1.25. The van der Waals surface area contributed by atoms with E-state index in [4.69, 9.17) is 5.73 Å². The molecule has 0 saturated heterocycles. The average molecular weight is 270 g/mol. The molecule has 0 aliphatic heterocycles. The number of nitrogens with one attached hydrogen (secondary N) is 1. The second-order valence-electron chi connectivity index (χ2n) is 4.50. The van der Waals surface area contributed by atoms with Gasteiger partial charge >= 0.3 is 0 Å². The van der Waals surface area contributed by atoms with Gasteiger partial charge in [0.1, 0.15) is 12.1 Å². The minimum Gasteiger partial charge on any atom is -0.370 e. The van der Waals surface area contributed by atoms with Gasteiger partial charge < -0.3 is 11.1 Å². The molecule has 3 N–H and O–H groups in total. The van der Waals surface area contributed by atoms with Gasteiger partial charge in [0.25, 0.3) is 0 Å². The summed E-state index contributed by atoms with van der Waals surface area (Å²) >= 11 is 0. The third-order valence-corrected chi connectivity index (χ3v) is 2.58. The smallest absolute Gasteiger partial charge is 0.189 e. The Bertz CT molecular complexity index is 600. The van der Waals surface area contributed by atoms with Crippen LogP contribution in [0.5, 0.6) is 0 Å². The van der Waals surface area contributed by atoms with Gasteiger partial charge in [0.05, 0.1) is 6.54 Å². The molecule has 0 radical (unpaired) electrons. The number of hydrogen-bond donors (Lipinski definition) is 2. The van der Waals surface area contributed by atoms with Crippen LogP contribution in [0.15, 0.2) is 54.2 Å². The van der Waals surface area contributed by atoms with Crippen molar-refractivity contribution in [3.63, 3.8) is 0 Å². The van der Waals surface area contributed by atoms with Gasteiger partial charge in [0, 0.05) is 25.1 Å². The van der Waals surface area contributed by atoms with Crippen molar-refractivity contribution >= 4 is 5.96 Å². The maximum Gasteiger partial charge on any atom is 0.189 e. The fourth-order valence-corrected chi connectivity index (χ4v) is 1.57. The zero-order valence-electron chi connectivity index (χ0n) is 11.5. The maximum absolute atomic E-state index is 5.77.